The summed E-state index contributed by atoms with van der Waals surface area (Å²) >= 11 is 0. The van der Waals surface area contributed by atoms with Gasteiger partial charge in [0.15, 0.2) is 0 Å². The fraction of sp³-hybridized carbons (Fsp3) is 0.762. The van der Waals surface area contributed by atoms with E-state index in [4.69, 9.17) is 4.74 Å². The van der Waals surface area contributed by atoms with E-state index >= 15 is 0 Å². The topological polar surface area (TPSA) is 58.6 Å². The Kier molecular flexibility index (Phi) is 8.90. The van der Waals surface area contributed by atoms with Crippen LogP contribution in [0.3, 0.4) is 0 Å². The molecule has 0 aromatic rings. The van der Waals surface area contributed by atoms with E-state index in [0.29, 0.717) is 6.42 Å². The van der Waals surface area contributed by atoms with Gasteiger partial charge < -0.3 is 15.2 Å². The largest absolute Gasteiger partial charge is 0.444 e. The Labute approximate surface area is 168 Å². The van der Waals surface area contributed by atoms with Crippen LogP contribution in [0.5, 0.6) is 0 Å². The van der Waals surface area contributed by atoms with E-state index in [0.717, 1.165) is 0 Å². The zero-order valence-electron chi connectivity index (χ0n) is 19.1. The molecule has 0 radical (unpaired) electrons. The van der Waals surface area contributed by atoms with Crippen LogP contribution in [-0.4, -0.2) is 44.6 Å². The predicted molar refractivity (Wildman–Crippen MR) is 120 cm³/mol. The molecule has 0 aromatic carbocycles. The highest BCUT2D eigenvalue weighted by Gasteiger charge is 2.37. The third-order valence-corrected chi connectivity index (χ3v) is 4.91. The van der Waals surface area contributed by atoms with Crippen LogP contribution in [0.1, 0.15) is 41.0 Å². The Hall–Kier alpha value is -1.22. The molecule has 4 nitrogen and oxygen atoms in total. The van der Waals surface area contributed by atoms with Crippen LogP contribution < -0.4 is 5.32 Å². The van der Waals surface area contributed by atoms with Gasteiger partial charge in [-0.25, -0.2) is 4.79 Å². The zero-order valence-corrected chi connectivity index (χ0v) is 21.1. The Bertz CT molecular complexity index is 597. The van der Waals surface area contributed by atoms with Gasteiger partial charge >= 0.3 is 6.09 Å². The van der Waals surface area contributed by atoms with Gasteiger partial charge in [-0.1, -0.05) is 65.0 Å². The van der Waals surface area contributed by atoms with Crippen molar-refractivity contribution in [3.63, 3.8) is 0 Å². The van der Waals surface area contributed by atoms with Gasteiger partial charge in [0.05, 0.1) is 6.04 Å². The first-order valence-corrected chi connectivity index (χ1v) is 16.6. The van der Waals surface area contributed by atoms with Crippen molar-refractivity contribution in [2.24, 2.45) is 5.92 Å². The maximum absolute atomic E-state index is 12.4. The number of aliphatic hydroxyl groups is 1. The van der Waals surface area contributed by atoms with E-state index in [9.17, 15) is 9.90 Å². The lowest BCUT2D eigenvalue weighted by molar-refractivity contribution is 0.0381. The second-order valence-electron chi connectivity index (χ2n) is 10.6. The molecule has 1 amide bonds. The fourth-order valence-corrected chi connectivity index (χ4v) is 3.16. The first kappa shape index (κ1) is 25.8. The lowest BCUT2D eigenvalue weighted by Gasteiger charge is -2.31. The number of rotatable bonds is 4. The van der Waals surface area contributed by atoms with Crippen molar-refractivity contribution in [3.05, 3.63) is 0 Å². The molecule has 0 bridgehead atoms. The average molecular weight is 410 g/mol. The second kappa shape index (κ2) is 9.32. The molecule has 27 heavy (non-hydrogen) atoms. The lowest BCUT2D eigenvalue weighted by atomic mass is 9.89. The molecule has 0 saturated heterocycles. The van der Waals surface area contributed by atoms with Gasteiger partial charge in [0.25, 0.3) is 0 Å². The summed E-state index contributed by atoms with van der Waals surface area (Å²) < 4.78 is 5.40. The third-order valence-electron chi connectivity index (χ3n) is 3.16. The molecule has 1 atom stereocenters. The molecule has 0 aliphatic carbocycles. The predicted octanol–water partition coefficient (Wildman–Crippen LogP) is 4.42. The van der Waals surface area contributed by atoms with Crippen molar-refractivity contribution in [3.8, 4) is 22.9 Å². The highest BCUT2D eigenvalue weighted by Crippen LogP contribution is 2.19. The molecule has 2 N–H and O–H groups in total. The normalized spacial score (nSPS) is 13.8. The van der Waals surface area contributed by atoms with Gasteiger partial charge in [0.2, 0.25) is 5.60 Å². The highest BCUT2D eigenvalue weighted by molar-refractivity contribution is 6.84. The quantitative estimate of drug-likeness (QED) is 0.534. The molecule has 0 unspecified atom stereocenters. The van der Waals surface area contributed by atoms with Crippen molar-refractivity contribution in [2.45, 2.75) is 97.6 Å². The fourth-order valence-electron chi connectivity index (χ4n) is 2.03. The molecule has 154 valence electrons. The van der Waals surface area contributed by atoms with Crippen LogP contribution in [0.4, 0.5) is 4.79 Å². The number of hydrogen-bond donors (Lipinski definition) is 2. The summed E-state index contributed by atoms with van der Waals surface area (Å²) in [6, 6.07) is -0.625. The summed E-state index contributed by atoms with van der Waals surface area (Å²) in [5, 5.41) is 14.3. The summed E-state index contributed by atoms with van der Waals surface area (Å²) in [4.78, 5) is 12.4. The van der Waals surface area contributed by atoms with E-state index in [2.05, 4.69) is 67.5 Å². The molecule has 0 aliphatic heterocycles. The number of carbonyl (C=O) groups excluding carboxylic acids is 1. The van der Waals surface area contributed by atoms with E-state index in [-0.39, 0.29) is 5.92 Å². The van der Waals surface area contributed by atoms with Crippen LogP contribution in [0, 0.1) is 28.8 Å². The first-order valence-electron chi connectivity index (χ1n) is 9.63. The van der Waals surface area contributed by atoms with Gasteiger partial charge in [-0.3, -0.25) is 0 Å². The van der Waals surface area contributed by atoms with E-state index in [1.807, 2.05) is 34.6 Å². The summed E-state index contributed by atoms with van der Waals surface area (Å²) in [6.45, 7) is 22.2. The van der Waals surface area contributed by atoms with Gasteiger partial charge in [-0.05, 0) is 33.1 Å². The zero-order chi connectivity index (χ0) is 21.7. The van der Waals surface area contributed by atoms with Crippen LogP contribution in [0.25, 0.3) is 0 Å². The summed E-state index contributed by atoms with van der Waals surface area (Å²) in [7, 11) is -3.45. The Morgan fingerprint density at radius 3 is 1.70 bits per heavy atom. The minimum Gasteiger partial charge on any atom is -0.444 e. The van der Waals surface area contributed by atoms with Crippen molar-refractivity contribution in [1.29, 1.82) is 0 Å². The van der Waals surface area contributed by atoms with Crippen molar-refractivity contribution >= 4 is 22.2 Å². The molecule has 0 heterocycles. The lowest BCUT2D eigenvalue weighted by Crippen LogP contribution is -2.53. The Morgan fingerprint density at radius 1 is 1.00 bits per heavy atom. The number of alkyl carbamates (subject to hydrolysis) is 1. The van der Waals surface area contributed by atoms with E-state index < -0.39 is 39.5 Å². The molecule has 0 fully saturated rings. The van der Waals surface area contributed by atoms with Crippen LogP contribution >= 0.6 is 0 Å². The highest BCUT2D eigenvalue weighted by atomic mass is 28.3. The summed E-state index contributed by atoms with van der Waals surface area (Å²) in [6.07, 6.45) is -0.00701. The molecule has 0 aliphatic rings. The molecule has 0 aromatic heterocycles. The van der Waals surface area contributed by atoms with Crippen LogP contribution in [0.2, 0.25) is 39.3 Å². The van der Waals surface area contributed by atoms with E-state index in [1.165, 1.54) is 0 Å². The van der Waals surface area contributed by atoms with Crippen LogP contribution in [0.15, 0.2) is 0 Å². The average Bonchev–Trinajstić information content (AvgIpc) is 2.38. The molecule has 6 heteroatoms. The number of hydrogen-bond acceptors (Lipinski definition) is 3. The maximum atomic E-state index is 12.4. The molecular formula is C21H39NO3Si2. The van der Waals surface area contributed by atoms with Crippen LogP contribution in [-0.2, 0) is 4.74 Å². The SMILES string of the molecule is CC(C)C[C@H](NC(=O)OC(C)(C)C)C(O)(C#C[Si](C)(C)C)C#C[Si](C)(C)C. The molecular weight excluding hydrogens is 370 g/mol. The van der Waals surface area contributed by atoms with E-state index in [1.54, 1.807) is 0 Å². The van der Waals surface area contributed by atoms with Gasteiger partial charge in [0, 0.05) is 0 Å². The number of nitrogens with one attached hydrogen (secondary N) is 1. The summed E-state index contributed by atoms with van der Waals surface area (Å²) in [5.41, 5.74) is 4.26. The molecule has 0 rings (SSSR count). The monoisotopic (exact) mass is 409 g/mol. The van der Waals surface area contributed by atoms with Crippen molar-refractivity contribution in [2.75, 3.05) is 0 Å². The Balaban J connectivity index is 6.06. The molecule has 0 saturated carbocycles. The first-order chi connectivity index (χ1) is 11.8. The summed E-state index contributed by atoms with van der Waals surface area (Å²) in [5.74, 6) is 6.30. The van der Waals surface area contributed by atoms with Gasteiger partial charge in [-0.2, -0.15) is 0 Å². The minimum absolute atomic E-state index is 0.249. The third kappa shape index (κ3) is 12.7. The number of ether oxygens (including phenoxy) is 1. The second-order valence-corrected chi connectivity index (χ2v) is 20.1. The maximum Gasteiger partial charge on any atom is 0.408 e. The van der Waals surface area contributed by atoms with Crippen molar-refractivity contribution < 1.29 is 14.6 Å². The van der Waals surface area contributed by atoms with Crippen molar-refractivity contribution in [1.82, 2.24) is 5.32 Å². The number of amides is 1. The Morgan fingerprint density at radius 2 is 1.41 bits per heavy atom. The standard InChI is InChI=1S/C21H39NO3Si2/c1-17(2)16-18(22-19(23)25-20(3,4)5)21(24,12-14-26(6,7)8)13-15-27(9,10)11/h17-18,24H,16H2,1-11H3,(H,22,23)/t18-/m0/s1. The molecule has 0 spiro atoms. The van der Waals surface area contributed by atoms with Gasteiger partial charge in [-0.15, -0.1) is 11.1 Å². The smallest absolute Gasteiger partial charge is 0.408 e. The number of carbonyl (C=O) groups is 1. The minimum atomic E-state index is -1.73. The van der Waals surface area contributed by atoms with Gasteiger partial charge in [0.1, 0.15) is 21.7 Å².